The predicted octanol–water partition coefficient (Wildman–Crippen LogP) is 1.39. The Bertz CT molecular complexity index is 428. The Morgan fingerprint density at radius 3 is 3.19 bits per heavy atom. The number of aromatic nitrogens is 1. The van der Waals surface area contributed by atoms with Crippen molar-refractivity contribution >= 4 is 11.8 Å². The molecular formula is C12H13NO3. The third-order valence-electron chi connectivity index (χ3n) is 2.95. The number of fused-ring (bicyclic) bond motifs is 1. The molecule has 0 aliphatic heterocycles. The first-order chi connectivity index (χ1) is 7.72. The molecule has 0 saturated carbocycles. The summed E-state index contributed by atoms with van der Waals surface area (Å²) in [7, 11) is 1.34. The minimum atomic E-state index is -0.328. The summed E-state index contributed by atoms with van der Waals surface area (Å²) in [5, 5.41) is 0. The number of methoxy groups -OCH3 is 1. The zero-order valence-electron chi connectivity index (χ0n) is 9.10. The molecule has 1 aromatic heterocycles. The van der Waals surface area contributed by atoms with E-state index in [1.54, 1.807) is 12.4 Å². The summed E-state index contributed by atoms with van der Waals surface area (Å²) < 4.78 is 4.58. The van der Waals surface area contributed by atoms with Crippen LogP contribution in [0.5, 0.6) is 0 Å². The second kappa shape index (κ2) is 4.43. The number of rotatable bonds is 2. The van der Waals surface area contributed by atoms with Gasteiger partial charge in [-0.1, -0.05) is 0 Å². The molecule has 84 valence electrons. The Balaban J connectivity index is 2.18. The molecule has 0 spiro atoms. The van der Waals surface area contributed by atoms with Crippen LogP contribution < -0.4 is 0 Å². The number of carbonyl (C=O) groups excluding carboxylic acids is 2. The van der Waals surface area contributed by atoms with Crippen molar-refractivity contribution in [2.45, 2.75) is 19.3 Å². The third-order valence-corrected chi connectivity index (χ3v) is 2.95. The lowest BCUT2D eigenvalue weighted by molar-refractivity contribution is -0.141. The zero-order chi connectivity index (χ0) is 11.5. The van der Waals surface area contributed by atoms with Gasteiger partial charge in [-0.25, -0.2) is 0 Å². The maximum atomic E-state index is 12.0. The Labute approximate surface area is 93.6 Å². The van der Waals surface area contributed by atoms with Crippen LogP contribution >= 0.6 is 0 Å². The fraction of sp³-hybridized carbons (Fsp3) is 0.417. The minimum Gasteiger partial charge on any atom is -0.469 e. The molecule has 16 heavy (non-hydrogen) atoms. The van der Waals surface area contributed by atoms with Crippen LogP contribution in [0.15, 0.2) is 18.5 Å². The molecule has 0 amide bonds. The summed E-state index contributed by atoms with van der Waals surface area (Å²) in [6, 6.07) is 1.86. The largest absolute Gasteiger partial charge is 0.469 e. The van der Waals surface area contributed by atoms with Gasteiger partial charge in [-0.3, -0.25) is 14.6 Å². The van der Waals surface area contributed by atoms with E-state index in [0.29, 0.717) is 12.0 Å². The van der Waals surface area contributed by atoms with Gasteiger partial charge in [0, 0.05) is 23.9 Å². The highest BCUT2D eigenvalue weighted by atomic mass is 16.5. The van der Waals surface area contributed by atoms with Crippen LogP contribution in [0.1, 0.15) is 28.8 Å². The van der Waals surface area contributed by atoms with Gasteiger partial charge < -0.3 is 4.74 Å². The summed E-state index contributed by atoms with van der Waals surface area (Å²) >= 11 is 0. The molecule has 0 bridgehead atoms. The lowest BCUT2D eigenvalue weighted by atomic mass is 9.82. The van der Waals surface area contributed by atoms with Crippen molar-refractivity contribution in [1.82, 2.24) is 4.98 Å². The molecule has 1 unspecified atom stereocenters. The van der Waals surface area contributed by atoms with E-state index in [-0.39, 0.29) is 24.1 Å². The van der Waals surface area contributed by atoms with Crippen LogP contribution in [-0.2, 0) is 16.0 Å². The molecule has 0 aromatic carbocycles. The summed E-state index contributed by atoms with van der Waals surface area (Å²) in [6.07, 6.45) is 4.98. The Morgan fingerprint density at radius 2 is 2.44 bits per heavy atom. The highest BCUT2D eigenvalue weighted by Crippen LogP contribution is 2.26. The van der Waals surface area contributed by atoms with Gasteiger partial charge in [0.25, 0.3) is 0 Å². The molecule has 2 rings (SSSR count). The van der Waals surface area contributed by atoms with Crippen molar-refractivity contribution in [3.8, 4) is 0 Å². The van der Waals surface area contributed by atoms with E-state index in [2.05, 4.69) is 9.72 Å². The van der Waals surface area contributed by atoms with Crippen molar-refractivity contribution < 1.29 is 14.3 Å². The average molecular weight is 219 g/mol. The first kappa shape index (κ1) is 10.8. The van der Waals surface area contributed by atoms with Crippen molar-refractivity contribution in [3.63, 3.8) is 0 Å². The molecule has 1 aromatic rings. The molecule has 0 radical (unpaired) electrons. The molecule has 4 heteroatoms. The molecule has 4 nitrogen and oxygen atoms in total. The van der Waals surface area contributed by atoms with Gasteiger partial charge in [0.05, 0.1) is 13.5 Å². The monoisotopic (exact) mass is 219 g/mol. The van der Waals surface area contributed by atoms with Gasteiger partial charge in [0.15, 0.2) is 5.78 Å². The SMILES string of the molecule is COC(=O)CC1CCc2ccncc2C1=O. The Kier molecular flexibility index (Phi) is 2.99. The second-order valence-electron chi connectivity index (χ2n) is 3.91. The van der Waals surface area contributed by atoms with Gasteiger partial charge in [-0.15, -0.1) is 0 Å². The summed E-state index contributed by atoms with van der Waals surface area (Å²) in [6.45, 7) is 0. The highest BCUT2D eigenvalue weighted by Gasteiger charge is 2.29. The molecule has 1 aliphatic carbocycles. The average Bonchev–Trinajstić information content (AvgIpc) is 2.33. The first-order valence-corrected chi connectivity index (χ1v) is 5.26. The van der Waals surface area contributed by atoms with E-state index in [1.165, 1.54) is 7.11 Å². The topological polar surface area (TPSA) is 56.3 Å². The van der Waals surface area contributed by atoms with Crippen LogP contribution in [0.3, 0.4) is 0 Å². The number of hydrogen-bond donors (Lipinski definition) is 0. The van der Waals surface area contributed by atoms with Crippen molar-refractivity contribution in [3.05, 3.63) is 29.6 Å². The standard InChI is InChI=1S/C12H13NO3/c1-16-11(14)6-9-3-2-8-4-5-13-7-10(8)12(9)15/h4-5,7,9H,2-3,6H2,1H3. The van der Waals surface area contributed by atoms with Crippen LogP contribution in [0, 0.1) is 5.92 Å². The van der Waals surface area contributed by atoms with Crippen LogP contribution in [0.2, 0.25) is 0 Å². The summed E-state index contributed by atoms with van der Waals surface area (Å²) in [4.78, 5) is 27.1. The number of nitrogens with zero attached hydrogens (tertiary/aromatic N) is 1. The fourth-order valence-corrected chi connectivity index (χ4v) is 2.02. The third kappa shape index (κ3) is 1.96. The fourth-order valence-electron chi connectivity index (χ4n) is 2.02. The molecule has 1 heterocycles. The van der Waals surface area contributed by atoms with Crippen LogP contribution in [-0.4, -0.2) is 23.8 Å². The molecule has 0 saturated heterocycles. The van der Waals surface area contributed by atoms with Gasteiger partial charge in [0.1, 0.15) is 0 Å². The quantitative estimate of drug-likeness (QED) is 0.705. The van der Waals surface area contributed by atoms with Gasteiger partial charge in [-0.05, 0) is 24.5 Å². The second-order valence-corrected chi connectivity index (χ2v) is 3.91. The van der Waals surface area contributed by atoms with E-state index < -0.39 is 0 Å². The van der Waals surface area contributed by atoms with Gasteiger partial charge >= 0.3 is 5.97 Å². The van der Waals surface area contributed by atoms with E-state index in [4.69, 9.17) is 0 Å². The number of ether oxygens (including phenoxy) is 1. The highest BCUT2D eigenvalue weighted by molar-refractivity contribution is 6.01. The number of hydrogen-bond acceptors (Lipinski definition) is 4. The maximum Gasteiger partial charge on any atom is 0.306 e. The normalized spacial score (nSPS) is 19.1. The zero-order valence-corrected chi connectivity index (χ0v) is 9.10. The van der Waals surface area contributed by atoms with Crippen molar-refractivity contribution in [1.29, 1.82) is 0 Å². The van der Waals surface area contributed by atoms with Crippen molar-refractivity contribution in [2.24, 2.45) is 5.92 Å². The Hall–Kier alpha value is -1.71. The molecule has 0 N–H and O–H groups in total. The van der Waals surface area contributed by atoms with E-state index >= 15 is 0 Å². The Morgan fingerprint density at radius 1 is 1.62 bits per heavy atom. The van der Waals surface area contributed by atoms with Crippen molar-refractivity contribution in [2.75, 3.05) is 7.11 Å². The number of ketones is 1. The number of carbonyl (C=O) groups is 2. The van der Waals surface area contributed by atoms with E-state index in [0.717, 1.165) is 12.0 Å². The number of esters is 1. The summed E-state index contributed by atoms with van der Waals surface area (Å²) in [5.41, 5.74) is 1.68. The summed E-state index contributed by atoms with van der Waals surface area (Å²) in [5.74, 6) is -0.561. The predicted molar refractivity (Wildman–Crippen MR) is 57.0 cm³/mol. The molecule has 1 atom stereocenters. The number of aryl methyl sites for hydroxylation is 1. The smallest absolute Gasteiger partial charge is 0.306 e. The number of Topliss-reactive ketones (excluding diaryl/α,β-unsaturated/α-hetero) is 1. The number of pyridine rings is 1. The molecule has 1 aliphatic rings. The van der Waals surface area contributed by atoms with Gasteiger partial charge in [-0.2, -0.15) is 0 Å². The minimum absolute atomic E-state index is 0.0137. The van der Waals surface area contributed by atoms with Crippen LogP contribution in [0.25, 0.3) is 0 Å². The lowest BCUT2D eigenvalue weighted by Crippen LogP contribution is -2.25. The maximum absolute atomic E-state index is 12.0. The van der Waals surface area contributed by atoms with Gasteiger partial charge in [0.2, 0.25) is 0 Å². The van der Waals surface area contributed by atoms with E-state index in [9.17, 15) is 9.59 Å². The first-order valence-electron chi connectivity index (χ1n) is 5.26. The molecule has 0 fully saturated rings. The lowest BCUT2D eigenvalue weighted by Gasteiger charge is -2.21. The van der Waals surface area contributed by atoms with E-state index in [1.807, 2.05) is 6.07 Å². The molecular weight excluding hydrogens is 206 g/mol. The van der Waals surface area contributed by atoms with Crippen LogP contribution in [0.4, 0.5) is 0 Å².